The van der Waals surface area contributed by atoms with Gasteiger partial charge in [0.25, 0.3) is 5.56 Å². The van der Waals surface area contributed by atoms with Crippen molar-refractivity contribution in [2.24, 2.45) is 5.92 Å². The number of nitrogens with one attached hydrogen (secondary N) is 1. The maximum atomic E-state index is 12.9. The van der Waals surface area contributed by atoms with Crippen LogP contribution in [0.1, 0.15) is 44.0 Å². The zero-order valence-corrected chi connectivity index (χ0v) is 21.2. The number of nitrogens with zero attached hydrogens (tertiary/aromatic N) is 4. The molecule has 1 fully saturated rings. The summed E-state index contributed by atoms with van der Waals surface area (Å²) >= 11 is 0. The summed E-state index contributed by atoms with van der Waals surface area (Å²) in [6, 6.07) is 18.0. The average Bonchev–Trinajstić information content (AvgIpc) is 3.37. The summed E-state index contributed by atoms with van der Waals surface area (Å²) < 4.78 is 7.18. The zero-order chi connectivity index (χ0) is 25.6. The molecule has 1 saturated heterocycles. The lowest BCUT2D eigenvalue weighted by Gasteiger charge is -2.32. The Morgan fingerprint density at radius 2 is 1.81 bits per heavy atom. The Balaban J connectivity index is 1.13. The van der Waals surface area contributed by atoms with E-state index in [2.05, 4.69) is 27.2 Å². The minimum Gasteiger partial charge on any atom is -0.494 e. The molecule has 2 aromatic heterocycles. The fraction of sp³-hybridized carbons (Fsp3) is 0.379. The normalized spacial score (nSPS) is 14.2. The molecule has 0 atom stereocenters. The minimum atomic E-state index is -0.233. The standard InChI is InChI=1S/C29H33N5O3/c1-2-37-24-12-10-21(11-13-24)8-9-22-16-18-33(19-17-22)27(35)15-14-26-31-28-25(29(36)32-26)20-30-34(28)23-6-4-3-5-7-23/h3-7,10-13,20,22H,2,8-9,14-19H2,1H3,(H,31,32,36). The summed E-state index contributed by atoms with van der Waals surface area (Å²) in [5.41, 5.74) is 2.44. The van der Waals surface area contributed by atoms with Crippen molar-refractivity contribution in [1.82, 2.24) is 24.6 Å². The predicted octanol–water partition coefficient (Wildman–Crippen LogP) is 4.31. The molecule has 1 N–H and O–H groups in total. The lowest BCUT2D eigenvalue weighted by atomic mass is 9.90. The maximum absolute atomic E-state index is 12.9. The number of rotatable bonds is 9. The van der Waals surface area contributed by atoms with Gasteiger partial charge in [-0.2, -0.15) is 5.10 Å². The van der Waals surface area contributed by atoms with Crippen LogP contribution >= 0.6 is 0 Å². The van der Waals surface area contributed by atoms with E-state index in [1.54, 1.807) is 4.68 Å². The number of H-pyrrole nitrogens is 1. The van der Waals surface area contributed by atoms with Crippen molar-refractivity contribution >= 4 is 16.9 Å². The Labute approximate surface area is 216 Å². The van der Waals surface area contributed by atoms with Crippen molar-refractivity contribution in [3.8, 4) is 11.4 Å². The number of aromatic nitrogens is 4. The van der Waals surface area contributed by atoms with Gasteiger partial charge in [-0.1, -0.05) is 30.3 Å². The molecular formula is C29H33N5O3. The second kappa shape index (κ2) is 11.4. The molecular weight excluding hydrogens is 466 g/mol. The summed E-state index contributed by atoms with van der Waals surface area (Å²) in [6.45, 7) is 4.25. The van der Waals surface area contributed by atoms with E-state index in [1.165, 1.54) is 11.8 Å². The van der Waals surface area contributed by atoms with Crippen LogP contribution in [0.5, 0.6) is 5.75 Å². The molecule has 2 aromatic carbocycles. The number of benzene rings is 2. The second-order valence-corrected chi connectivity index (χ2v) is 9.58. The van der Waals surface area contributed by atoms with Crippen LogP contribution in [-0.4, -0.2) is 50.3 Å². The SMILES string of the molecule is CCOc1ccc(CCC2CCN(C(=O)CCc3nc4c(cnn4-c4ccccc4)c(=O)[nH]3)CC2)cc1. The number of amides is 1. The lowest BCUT2D eigenvalue weighted by molar-refractivity contribution is -0.132. The van der Waals surface area contributed by atoms with Crippen molar-refractivity contribution in [3.63, 3.8) is 0 Å². The number of aromatic amines is 1. The largest absolute Gasteiger partial charge is 0.494 e. The number of hydrogen-bond acceptors (Lipinski definition) is 5. The molecule has 37 heavy (non-hydrogen) atoms. The van der Waals surface area contributed by atoms with E-state index in [4.69, 9.17) is 4.74 Å². The molecule has 192 valence electrons. The third-order valence-electron chi connectivity index (χ3n) is 7.11. The molecule has 8 heteroatoms. The van der Waals surface area contributed by atoms with Crippen molar-refractivity contribution in [3.05, 3.63) is 82.5 Å². The Morgan fingerprint density at radius 3 is 2.54 bits per heavy atom. The number of likely N-dealkylation sites (tertiary alicyclic amines) is 1. The number of piperidine rings is 1. The molecule has 0 spiro atoms. The van der Waals surface area contributed by atoms with Crippen LogP contribution in [-0.2, 0) is 17.6 Å². The van der Waals surface area contributed by atoms with Crippen LogP contribution in [0.25, 0.3) is 16.7 Å². The van der Waals surface area contributed by atoms with Crippen LogP contribution in [0.3, 0.4) is 0 Å². The van der Waals surface area contributed by atoms with Gasteiger partial charge in [0.2, 0.25) is 5.91 Å². The molecule has 0 unspecified atom stereocenters. The molecule has 1 aliphatic rings. The minimum absolute atomic E-state index is 0.115. The first kappa shape index (κ1) is 24.7. The first-order valence-electron chi connectivity index (χ1n) is 13.1. The summed E-state index contributed by atoms with van der Waals surface area (Å²) in [5, 5.41) is 4.78. The first-order chi connectivity index (χ1) is 18.1. The molecule has 8 nitrogen and oxygen atoms in total. The number of carbonyl (C=O) groups excluding carboxylic acids is 1. The van der Waals surface area contributed by atoms with Crippen LogP contribution < -0.4 is 10.3 Å². The molecule has 1 amide bonds. The van der Waals surface area contributed by atoms with Gasteiger partial charge in [0.05, 0.1) is 18.5 Å². The number of aryl methyl sites for hydroxylation is 2. The number of ether oxygens (including phenoxy) is 1. The van der Waals surface area contributed by atoms with Crippen molar-refractivity contribution in [2.45, 2.75) is 45.4 Å². The highest BCUT2D eigenvalue weighted by Crippen LogP contribution is 2.24. The number of carbonyl (C=O) groups is 1. The zero-order valence-electron chi connectivity index (χ0n) is 21.2. The molecule has 3 heterocycles. The van der Waals surface area contributed by atoms with Crippen LogP contribution in [0.2, 0.25) is 0 Å². The molecule has 0 bridgehead atoms. The molecule has 0 aliphatic carbocycles. The van der Waals surface area contributed by atoms with Gasteiger partial charge in [0.1, 0.15) is 17.0 Å². The van der Waals surface area contributed by atoms with E-state index in [0.717, 1.165) is 50.2 Å². The third-order valence-corrected chi connectivity index (χ3v) is 7.11. The van der Waals surface area contributed by atoms with Gasteiger partial charge in [0, 0.05) is 25.9 Å². The Kier molecular flexibility index (Phi) is 7.63. The van der Waals surface area contributed by atoms with Crippen molar-refractivity contribution in [1.29, 1.82) is 0 Å². The highest BCUT2D eigenvalue weighted by atomic mass is 16.5. The van der Waals surface area contributed by atoms with Crippen LogP contribution in [0.15, 0.2) is 65.6 Å². The highest BCUT2D eigenvalue weighted by Gasteiger charge is 2.23. The van der Waals surface area contributed by atoms with Crippen LogP contribution in [0.4, 0.5) is 0 Å². The fourth-order valence-corrected chi connectivity index (χ4v) is 4.98. The molecule has 0 radical (unpaired) electrons. The molecule has 0 saturated carbocycles. The number of hydrogen-bond donors (Lipinski definition) is 1. The van der Waals surface area contributed by atoms with Gasteiger partial charge in [0.15, 0.2) is 5.65 Å². The Morgan fingerprint density at radius 1 is 1.05 bits per heavy atom. The summed E-state index contributed by atoms with van der Waals surface area (Å²) in [5.74, 6) is 2.17. The highest BCUT2D eigenvalue weighted by molar-refractivity contribution is 5.77. The van der Waals surface area contributed by atoms with Crippen LogP contribution in [0, 0.1) is 5.92 Å². The van der Waals surface area contributed by atoms with E-state index < -0.39 is 0 Å². The summed E-state index contributed by atoms with van der Waals surface area (Å²) in [6.07, 6.45) is 6.48. The fourth-order valence-electron chi connectivity index (χ4n) is 4.98. The lowest BCUT2D eigenvalue weighted by Crippen LogP contribution is -2.38. The Bertz CT molecular complexity index is 1390. The van der Waals surface area contributed by atoms with Crippen molar-refractivity contribution in [2.75, 3.05) is 19.7 Å². The van der Waals surface area contributed by atoms with Gasteiger partial charge in [-0.15, -0.1) is 0 Å². The smallest absolute Gasteiger partial charge is 0.262 e. The summed E-state index contributed by atoms with van der Waals surface area (Å²) in [4.78, 5) is 34.9. The van der Waals surface area contributed by atoms with Gasteiger partial charge in [-0.25, -0.2) is 9.67 Å². The van der Waals surface area contributed by atoms with E-state index in [0.29, 0.717) is 42.2 Å². The first-order valence-corrected chi connectivity index (χ1v) is 13.1. The Hall–Kier alpha value is -3.94. The van der Waals surface area contributed by atoms with Gasteiger partial charge in [-0.3, -0.25) is 9.59 Å². The molecule has 5 rings (SSSR count). The van der Waals surface area contributed by atoms with E-state index in [1.807, 2.05) is 54.3 Å². The monoisotopic (exact) mass is 499 g/mol. The third kappa shape index (κ3) is 5.90. The molecule has 4 aromatic rings. The van der Waals surface area contributed by atoms with Gasteiger partial charge in [-0.05, 0) is 68.4 Å². The van der Waals surface area contributed by atoms with E-state index in [-0.39, 0.29) is 11.5 Å². The number of fused-ring (bicyclic) bond motifs is 1. The van der Waals surface area contributed by atoms with E-state index >= 15 is 0 Å². The molecule has 1 aliphatic heterocycles. The van der Waals surface area contributed by atoms with Gasteiger partial charge < -0.3 is 14.6 Å². The second-order valence-electron chi connectivity index (χ2n) is 9.58. The maximum Gasteiger partial charge on any atom is 0.262 e. The number of para-hydroxylation sites is 1. The quantitative estimate of drug-likeness (QED) is 0.370. The van der Waals surface area contributed by atoms with E-state index in [9.17, 15) is 9.59 Å². The average molecular weight is 500 g/mol. The predicted molar refractivity (Wildman–Crippen MR) is 143 cm³/mol. The summed E-state index contributed by atoms with van der Waals surface area (Å²) in [7, 11) is 0. The van der Waals surface area contributed by atoms with Crippen molar-refractivity contribution < 1.29 is 9.53 Å². The topological polar surface area (TPSA) is 93.1 Å². The van der Waals surface area contributed by atoms with Gasteiger partial charge >= 0.3 is 0 Å².